The van der Waals surface area contributed by atoms with Crippen molar-refractivity contribution in [3.05, 3.63) is 289 Å². The molecule has 0 saturated carbocycles. The maximum Gasteiger partial charge on any atom is 0.143 e. The zero-order valence-corrected chi connectivity index (χ0v) is 51.2. The van der Waals surface area contributed by atoms with Gasteiger partial charge in [-0.2, -0.15) is 0 Å². The highest BCUT2D eigenvalue weighted by Crippen LogP contribution is 2.52. The van der Waals surface area contributed by atoms with Crippen LogP contribution in [0.5, 0.6) is 23.0 Å². The molecule has 0 fully saturated rings. The van der Waals surface area contributed by atoms with Crippen LogP contribution in [-0.4, -0.2) is 16.2 Å². The first kappa shape index (κ1) is 38.8. The molecule has 0 atom stereocenters. The Bertz CT molecular complexity index is 5870. The van der Waals surface area contributed by atoms with Gasteiger partial charge in [-0.05, 0) is 139 Å². The highest BCUT2D eigenvalue weighted by Gasteiger charge is 2.32. The predicted molar refractivity (Wildman–Crippen MR) is 377 cm³/mol. The summed E-state index contributed by atoms with van der Waals surface area (Å²) < 4.78 is 194. The Morgan fingerprint density at radius 3 is 1.53 bits per heavy atom. The van der Waals surface area contributed by atoms with Crippen molar-refractivity contribution in [3.8, 4) is 84.5 Å². The quantitative estimate of drug-likeness (QED) is 0.122. The van der Waals surface area contributed by atoms with Crippen molar-refractivity contribution in [2.24, 2.45) is 0 Å². The largest absolute Gasteiger partial charge is 0.457 e. The summed E-state index contributed by atoms with van der Waals surface area (Å²) in [5.74, 6) is 1.54. The zero-order valence-electron chi connectivity index (χ0n) is 71.2. The summed E-state index contributed by atoms with van der Waals surface area (Å²) >= 11 is 0. The maximum atomic E-state index is 9.47. The van der Waals surface area contributed by atoms with Gasteiger partial charge in [0.15, 0.2) is 0 Å². The normalized spacial score (nSPS) is 15.7. The molecular formula is C84H74N4O2. The molecule has 13 aromatic rings. The Morgan fingerprint density at radius 2 is 0.911 bits per heavy atom. The van der Waals surface area contributed by atoms with E-state index < -0.39 is 132 Å². The van der Waals surface area contributed by atoms with E-state index in [1.54, 1.807) is 48.7 Å². The monoisotopic (exact) mass is 1190 g/mol. The fourth-order valence-electron chi connectivity index (χ4n) is 11.7. The number of pyridine rings is 1. The SMILES string of the molecule is [2H]c1c([2H])c([2H])c(-c2cc(-c3cc(C(C)(C)C)cc(-c4c([2H])c([2H])c([2H])c([2H])c4[2H])c3Oc3ccnc(-n4c5ccc(C(C)(C)C)cc5c5ccc(Oc6cccc(N7CN(c8c(-c9c([2H])c([2H])c([2H])c([2H])c9[2H])cccc8-c8c([2H])c([2H])c([2H])c([2H])c8[2H])c8ccccc87)c6)cc54)c3)cc(C(C)(C)C)c2)c([2H])c1[2H]. The van der Waals surface area contributed by atoms with Crippen LogP contribution in [0.3, 0.4) is 0 Å². The van der Waals surface area contributed by atoms with Crippen molar-refractivity contribution < 1.29 is 36.9 Å². The standard InChI is InChI=1S/C84H74N4O2/c1-82(2,3)62-40-43-75-74(49-62)71-42-41-67(89-66-35-24-34-65(52-66)86-55-87(77-39-23-22-38-76(77)86)80-69(57-28-16-11-17-29-57)36-25-37-70(80)58-30-18-12-19-31-58)53-78(71)88(75)79-54-68(44-45-85-79)90-81-72(59-32-20-13-21-33-59)50-64(84(7,8)9)51-73(81)61-46-60(56-26-14-10-15-27-56)47-63(48-61)83(4,5)6/h10-54H,55H2,1-9H3/i10D,11D,12D,13D,14D,15D,16D,17D,18D,19D,20D,21D,26D,27D,28D,29D,30D,31D,32D,33D. The number of hydrogen-bond acceptors (Lipinski definition) is 5. The van der Waals surface area contributed by atoms with Crippen LogP contribution >= 0.6 is 0 Å². The number of anilines is 4. The van der Waals surface area contributed by atoms with Crippen molar-refractivity contribution in [2.45, 2.75) is 78.6 Å². The number of hydrogen-bond donors (Lipinski definition) is 0. The number of nitrogens with zero attached hydrogens (tertiary/aromatic N) is 4. The van der Waals surface area contributed by atoms with Crippen LogP contribution in [0, 0.1) is 0 Å². The summed E-state index contributed by atoms with van der Waals surface area (Å²) in [6.07, 6.45) is 1.59. The molecule has 0 bridgehead atoms. The van der Waals surface area contributed by atoms with E-state index in [9.17, 15) is 8.22 Å². The molecule has 2 aromatic heterocycles. The summed E-state index contributed by atoms with van der Waals surface area (Å²) in [6, 6.07) is 33.6. The first-order valence-electron chi connectivity index (χ1n) is 39.7. The number of rotatable bonds is 12. The lowest BCUT2D eigenvalue weighted by molar-refractivity contribution is 0.483. The molecule has 0 amide bonds. The van der Waals surface area contributed by atoms with Gasteiger partial charge in [0.25, 0.3) is 0 Å². The average Bonchev–Trinajstić information content (AvgIpc) is 1.39. The van der Waals surface area contributed by atoms with E-state index in [1.165, 1.54) is 0 Å². The van der Waals surface area contributed by atoms with Crippen molar-refractivity contribution in [3.63, 3.8) is 0 Å². The number of aromatic nitrogens is 2. The molecule has 0 N–H and O–H groups in total. The van der Waals surface area contributed by atoms with Gasteiger partial charge in [-0.1, -0.05) is 238 Å². The highest BCUT2D eigenvalue weighted by molar-refractivity contribution is 6.10. The molecule has 0 unspecified atom stereocenters. The van der Waals surface area contributed by atoms with Crippen LogP contribution in [0.1, 0.15) is 106 Å². The topological polar surface area (TPSA) is 42.8 Å². The van der Waals surface area contributed by atoms with E-state index in [4.69, 9.17) is 33.6 Å². The second kappa shape index (κ2) is 22.9. The average molecular weight is 1190 g/mol. The summed E-state index contributed by atoms with van der Waals surface area (Å²) in [7, 11) is 0. The van der Waals surface area contributed by atoms with Gasteiger partial charge in [-0.15, -0.1) is 0 Å². The Balaban J connectivity index is 0.909. The lowest BCUT2D eigenvalue weighted by Crippen LogP contribution is -2.24. The van der Waals surface area contributed by atoms with Crippen molar-refractivity contribution in [2.75, 3.05) is 16.5 Å². The minimum atomic E-state index is -0.637. The third-order valence-electron chi connectivity index (χ3n) is 16.3. The minimum Gasteiger partial charge on any atom is -0.457 e. The lowest BCUT2D eigenvalue weighted by Gasteiger charge is -2.27. The van der Waals surface area contributed by atoms with Crippen LogP contribution in [0.15, 0.2) is 273 Å². The minimum absolute atomic E-state index is 0.0122. The first-order valence-corrected chi connectivity index (χ1v) is 29.7. The van der Waals surface area contributed by atoms with Crippen molar-refractivity contribution in [1.82, 2.24) is 9.55 Å². The second-order valence-corrected chi connectivity index (χ2v) is 25.4. The van der Waals surface area contributed by atoms with Crippen molar-refractivity contribution in [1.29, 1.82) is 0 Å². The molecule has 0 spiro atoms. The van der Waals surface area contributed by atoms with Crippen LogP contribution in [-0.2, 0) is 16.2 Å². The molecular weight excluding hydrogens is 1100 g/mol. The van der Waals surface area contributed by atoms with E-state index in [0.717, 1.165) is 27.4 Å². The number of fused-ring (bicyclic) bond motifs is 4. The molecule has 90 heavy (non-hydrogen) atoms. The maximum absolute atomic E-state index is 9.47. The van der Waals surface area contributed by atoms with Gasteiger partial charge in [0.2, 0.25) is 0 Å². The molecule has 442 valence electrons. The molecule has 11 aromatic carbocycles. The third-order valence-corrected chi connectivity index (χ3v) is 16.3. The Hall–Kier alpha value is -10.4. The van der Waals surface area contributed by atoms with Gasteiger partial charge in [0.05, 0.1) is 55.5 Å². The fraction of sp³-hybridized carbons (Fsp3) is 0.155. The summed E-state index contributed by atoms with van der Waals surface area (Å²) in [5, 5.41) is 1.74. The summed E-state index contributed by atoms with van der Waals surface area (Å²) in [5.41, 5.74) is 5.77. The smallest absolute Gasteiger partial charge is 0.143 e. The number of ether oxygens (including phenoxy) is 2. The Morgan fingerprint density at radius 1 is 0.378 bits per heavy atom. The molecule has 0 saturated heterocycles. The van der Waals surface area contributed by atoms with Crippen LogP contribution in [0.25, 0.3) is 83.3 Å². The summed E-state index contributed by atoms with van der Waals surface area (Å²) in [4.78, 5) is 8.86. The van der Waals surface area contributed by atoms with Gasteiger partial charge in [0.1, 0.15) is 35.5 Å². The predicted octanol–water partition coefficient (Wildman–Crippen LogP) is 23.2. The van der Waals surface area contributed by atoms with Crippen LogP contribution in [0.2, 0.25) is 0 Å². The molecule has 1 aliphatic heterocycles. The van der Waals surface area contributed by atoms with Gasteiger partial charge in [0, 0.05) is 63.1 Å². The van der Waals surface area contributed by atoms with Gasteiger partial charge < -0.3 is 19.3 Å². The highest BCUT2D eigenvalue weighted by atomic mass is 16.5. The van der Waals surface area contributed by atoms with E-state index in [-0.39, 0.29) is 68.2 Å². The molecule has 14 rings (SSSR count). The van der Waals surface area contributed by atoms with E-state index in [0.29, 0.717) is 62.1 Å². The molecule has 3 heterocycles. The van der Waals surface area contributed by atoms with Gasteiger partial charge in [-0.3, -0.25) is 4.57 Å². The molecule has 6 nitrogen and oxygen atoms in total. The molecule has 0 radical (unpaired) electrons. The zero-order chi connectivity index (χ0) is 79.3. The van der Waals surface area contributed by atoms with Crippen molar-refractivity contribution >= 4 is 44.6 Å². The van der Waals surface area contributed by atoms with E-state index >= 15 is 0 Å². The lowest BCUT2D eigenvalue weighted by atomic mass is 9.80. The number of para-hydroxylation sites is 3. The molecule has 1 aliphatic rings. The van der Waals surface area contributed by atoms with Gasteiger partial charge in [-0.25, -0.2) is 4.98 Å². The van der Waals surface area contributed by atoms with Gasteiger partial charge >= 0.3 is 0 Å². The van der Waals surface area contributed by atoms with E-state index in [1.807, 2.05) is 147 Å². The Labute approximate surface area is 558 Å². The first-order chi connectivity index (χ1) is 51.8. The van der Waals surface area contributed by atoms with E-state index in [2.05, 4.69) is 32.9 Å². The summed E-state index contributed by atoms with van der Waals surface area (Å²) in [6.45, 7) is 18.4. The molecule has 0 aliphatic carbocycles. The van der Waals surface area contributed by atoms with Crippen LogP contribution < -0.4 is 19.3 Å². The second-order valence-electron chi connectivity index (χ2n) is 25.4. The van der Waals surface area contributed by atoms with Crippen LogP contribution in [0.4, 0.5) is 22.7 Å². The fourth-order valence-corrected chi connectivity index (χ4v) is 11.7. The molecule has 6 heteroatoms. The number of benzene rings is 11. The third kappa shape index (κ3) is 11.1. The Kier molecular flexibility index (Phi) is 9.88.